The average molecular weight is 306 g/mol. The van der Waals surface area contributed by atoms with Crippen LogP contribution in [0.25, 0.3) is 0 Å². The Kier molecular flexibility index (Phi) is 4.67. The van der Waals surface area contributed by atoms with Gasteiger partial charge in [0.05, 0.1) is 16.8 Å². The molecule has 0 heterocycles. The highest BCUT2D eigenvalue weighted by molar-refractivity contribution is 6.61. The molecule has 4 nitrogen and oxygen atoms in total. The van der Waals surface area contributed by atoms with Gasteiger partial charge in [0.2, 0.25) is 0 Å². The molecular formula is C13H18BF3O4. The van der Waals surface area contributed by atoms with E-state index in [1.54, 1.807) is 0 Å². The number of phenols is 1. The van der Waals surface area contributed by atoms with Gasteiger partial charge in [-0.1, -0.05) is 12.1 Å². The summed E-state index contributed by atoms with van der Waals surface area (Å²) in [6, 6.07) is 2.88. The zero-order valence-electron chi connectivity index (χ0n) is 12.2. The summed E-state index contributed by atoms with van der Waals surface area (Å²) in [6.07, 6.45) is -4.74. The van der Waals surface area contributed by atoms with Crippen LogP contribution in [0.5, 0.6) is 5.75 Å². The van der Waals surface area contributed by atoms with E-state index in [0.29, 0.717) is 6.07 Å². The maximum atomic E-state index is 12.7. The van der Waals surface area contributed by atoms with Crippen LogP contribution in [-0.4, -0.2) is 33.6 Å². The number of para-hydroxylation sites is 1. The summed E-state index contributed by atoms with van der Waals surface area (Å²) in [4.78, 5) is 0. The van der Waals surface area contributed by atoms with Crippen molar-refractivity contribution in [1.29, 1.82) is 0 Å². The second kappa shape index (κ2) is 5.51. The molecule has 1 aromatic carbocycles. The van der Waals surface area contributed by atoms with Gasteiger partial charge in [0.1, 0.15) is 5.75 Å². The molecule has 0 saturated heterocycles. The van der Waals surface area contributed by atoms with Gasteiger partial charge in [-0.15, -0.1) is 0 Å². The first-order valence-corrected chi connectivity index (χ1v) is 6.24. The summed E-state index contributed by atoms with van der Waals surface area (Å²) >= 11 is 0. The van der Waals surface area contributed by atoms with Crippen molar-refractivity contribution in [3.8, 4) is 5.75 Å². The quantitative estimate of drug-likeness (QED) is 0.740. The average Bonchev–Trinajstić information content (AvgIpc) is 2.25. The fourth-order valence-corrected chi connectivity index (χ4v) is 1.48. The molecule has 0 aliphatic carbocycles. The summed E-state index contributed by atoms with van der Waals surface area (Å²) in [7, 11) is -1.81. The molecule has 3 N–H and O–H groups in total. The number of rotatable bonds is 4. The SMILES string of the molecule is CC(C)(O)C(C)(C)OB(O)c1cccc(C(F)(F)F)c1O. The maximum Gasteiger partial charge on any atom is 0.495 e. The number of hydrogen-bond acceptors (Lipinski definition) is 4. The van der Waals surface area contributed by atoms with Crippen LogP contribution in [0.3, 0.4) is 0 Å². The van der Waals surface area contributed by atoms with E-state index in [4.69, 9.17) is 4.65 Å². The standard InChI is InChI=1S/C13H18BF3O4/c1-11(2,19)12(3,4)21-14(20)9-7-5-6-8(10(9)18)13(15,16)17/h5-7,18-20H,1-4H3. The van der Waals surface area contributed by atoms with E-state index in [9.17, 15) is 28.4 Å². The van der Waals surface area contributed by atoms with E-state index < -0.39 is 41.3 Å². The van der Waals surface area contributed by atoms with Crippen LogP contribution < -0.4 is 5.46 Å². The van der Waals surface area contributed by atoms with E-state index in [1.165, 1.54) is 27.7 Å². The zero-order chi connectivity index (χ0) is 16.6. The van der Waals surface area contributed by atoms with E-state index in [-0.39, 0.29) is 0 Å². The third kappa shape index (κ3) is 3.90. The number of aromatic hydroxyl groups is 1. The van der Waals surface area contributed by atoms with E-state index >= 15 is 0 Å². The van der Waals surface area contributed by atoms with Crippen LogP contribution in [0.15, 0.2) is 18.2 Å². The van der Waals surface area contributed by atoms with Crippen molar-refractivity contribution in [2.24, 2.45) is 0 Å². The van der Waals surface area contributed by atoms with Crippen molar-refractivity contribution in [3.05, 3.63) is 23.8 Å². The van der Waals surface area contributed by atoms with Crippen LogP contribution in [-0.2, 0) is 10.8 Å². The van der Waals surface area contributed by atoms with Crippen molar-refractivity contribution in [3.63, 3.8) is 0 Å². The van der Waals surface area contributed by atoms with Gasteiger partial charge in [-0.3, -0.25) is 0 Å². The molecule has 0 aliphatic heterocycles. The Bertz CT molecular complexity index is 509. The first-order valence-electron chi connectivity index (χ1n) is 6.24. The van der Waals surface area contributed by atoms with Gasteiger partial charge in [-0.25, -0.2) is 0 Å². The highest BCUT2D eigenvalue weighted by Gasteiger charge is 2.42. The maximum absolute atomic E-state index is 12.7. The molecule has 0 unspecified atom stereocenters. The Morgan fingerprint density at radius 2 is 1.62 bits per heavy atom. The Labute approximate surface area is 121 Å². The van der Waals surface area contributed by atoms with Gasteiger partial charge in [0.15, 0.2) is 0 Å². The molecule has 1 rings (SSSR count). The molecule has 0 bridgehead atoms. The molecule has 21 heavy (non-hydrogen) atoms. The molecule has 118 valence electrons. The number of halogens is 3. The van der Waals surface area contributed by atoms with Crippen molar-refractivity contribution >= 4 is 12.6 Å². The van der Waals surface area contributed by atoms with E-state index in [1.807, 2.05) is 0 Å². The Balaban J connectivity index is 3.13. The molecule has 0 fully saturated rings. The number of hydrogen-bond donors (Lipinski definition) is 3. The van der Waals surface area contributed by atoms with Gasteiger partial charge in [0.25, 0.3) is 0 Å². The largest absolute Gasteiger partial charge is 0.508 e. The zero-order valence-corrected chi connectivity index (χ0v) is 12.2. The number of phenolic OH excluding ortho intramolecular Hbond substituents is 1. The lowest BCUT2D eigenvalue weighted by molar-refractivity contribution is -0.138. The first kappa shape index (κ1) is 17.8. The Morgan fingerprint density at radius 1 is 1.10 bits per heavy atom. The summed E-state index contributed by atoms with van der Waals surface area (Å²) in [5, 5.41) is 29.5. The predicted molar refractivity (Wildman–Crippen MR) is 72.2 cm³/mol. The van der Waals surface area contributed by atoms with Crippen LogP contribution >= 0.6 is 0 Å². The smallest absolute Gasteiger partial charge is 0.495 e. The van der Waals surface area contributed by atoms with Gasteiger partial charge >= 0.3 is 13.3 Å². The van der Waals surface area contributed by atoms with Crippen molar-refractivity contribution in [2.45, 2.75) is 45.1 Å². The molecule has 0 aromatic heterocycles. The lowest BCUT2D eigenvalue weighted by atomic mass is 9.75. The Hall–Kier alpha value is -1.25. The number of alkyl halides is 3. The number of benzene rings is 1. The summed E-state index contributed by atoms with van der Waals surface area (Å²) in [5.41, 5.74) is -4.29. The minimum atomic E-state index is -4.74. The highest BCUT2D eigenvalue weighted by atomic mass is 19.4. The van der Waals surface area contributed by atoms with Crippen molar-refractivity contribution in [2.75, 3.05) is 0 Å². The normalized spacial score (nSPS) is 13.4. The minimum Gasteiger partial charge on any atom is -0.508 e. The van der Waals surface area contributed by atoms with Gasteiger partial charge < -0.3 is 19.9 Å². The summed E-state index contributed by atoms with van der Waals surface area (Å²) in [6.45, 7) is 5.82. The molecule has 0 saturated carbocycles. The van der Waals surface area contributed by atoms with Crippen LogP contribution in [0.1, 0.15) is 33.3 Å². The fraction of sp³-hybridized carbons (Fsp3) is 0.538. The molecule has 0 aliphatic rings. The van der Waals surface area contributed by atoms with Crippen molar-refractivity contribution < 1.29 is 33.1 Å². The molecule has 0 atom stereocenters. The fourth-order valence-electron chi connectivity index (χ4n) is 1.48. The third-order valence-corrected chi connectivity index (χ3v) is 3.52. The van der Waals surface area contributed by atoms with Gasteiger partial charge in [0, 0.05) is 5.46 Å². The van der Waals surface area contributed by atoms with Crippen LogP contribution in [0.2, 0.25) is 0 Å². The first-order chi connectivity index (χ1) is 9.27. The summed E-state index contributed by atoms with van der Waals surface area (Å²) in [5.74, 6) is -1.09. The molecular weight excluding hydrogens is 288 g/mol. The second-order valence-corrected chi connectivity index (χ2v) is 5.78. The van der Waals surface area contributed by atoms with Gasteiger partial charge in [-0.2, -0.15) is 13.2 Å². The van der Waals surface area contributed by atoms with Crippen molar-refractivity contribution in [1.82, 2.24) is 0 Å². The molecule has 8 heteroatoms. The minimum absolute atomic E-state index is 0.415. The molecule has 0 spiro atoms. The van der Waals surface area contributed by atoms with Crippen LogP contribution in [0.4, 0.5) is 13.2 Å². The summed E-state index contributed by atoms with van der Waals surface area (Å²) < 4.78 is 43.3. The molecule has 0 radical (unpaired) electrons. The van der Waals surface area contributed by atoms with Gasteiger partial charge in [-0.05, 0) is 33.8 Å². The lowest BCUT2D eigenvalue weighted by Gasteiger charge is -2.38. The predicted octanol–water partition coefficient (Wildman–Crippen LogP) is 1.66. The topological polar surface area (TPSA) is 69.9 Å². The monoisotopic (exact) mass is 306 g/mol. The molecule has 1 aromatic rings. The Morgan fingerprint density at radius 3 is 2.05 bits per heavy atom. The third-order valence-electron chi connectivity index (χ3n) is 3.52. The number of aliphatic hydroxyl groups is 1. The van der Waals surface area contributed by atoms with E-state index in [2.05, 4.69) is 0 Å². The molecule has 0 amide bonds. The second-order valence-electron chi connectivity index (χ2n) is 5.78. The lowest BCUT2D eigenvalue weighted by Crippen LogP contribution is -2.53. The van der Waals surface area contributed by atoms with Crippen LogP contribution in [0, 0.1) is 0 Å². The highest BCUT2D eigenvalue weighted by Crippen LogP contribution is 2.35. The van der Waals surface area contributed by atoms with E-state index in [0.717, 1.165) is 12.1 Å².